The van der Waals surface area contributed by atoms with Crippen LogP contribution in [0.3, 0.4) is 0 Å². The quantitative estimate of drug-likeness (QED) is 0.617. The molecule has 0 aliphatic carbocycles. The normalized spacial score (nSPS) is 11.2. The van der Waals surface area contributed by atoms with E-state index in [1.807, 2.05) is 0 Å². The van der Waals surface area contributed by atoms with Crippen molar-refractivity contribution in [1.29, 1.82) is 0 Å². The molecule has 0 radical (unpaired) electrons. The molecule has 0 aliphatic heterocycles. The van der Waals surface area contributed by atoms with E-state index in [1.165, 1.54) is 44.2 Å². The first kappa shape index (κ1) is 16.5. The summed E-state index contributed by atoms with van der Waals surface area (Å²) in [6.07, 6.45) is 6.45. The molecule has 0 amide bonds. The van der Waals surface area contributed by atoms with E-state index in [2.05, 4.69) is 19.2 Å². The van der Waals surface area contributed by atoms with Crippen LogP contribution in [0.25, 0.3) is 0 Å². The molecule has 0 atom stereocenters. The molecule has 19 heavy (non-hydrogen) atoms. The van der Waals surface area contributed by atoms with Crippen LogP contribution in [0.2, 0.25) is 5.02 Å². The van der Waals surface area contributed by atoms with Gasteiger partial charge in [0.1, 0.15) is 5.82 Å². The Labute approximate surface area is 121 Å². The van der Waals surface area contributed by atoms with Crippen molar-refractivity contribution in [2.45, 2.75) is 52.5 Å². The minimum absolute atomic E-state index is 0.279. The van der Waals surface area contributed by atoms with Gasteiger partial charge >= 0.3 is 0 Å². The summed E-state index contributed by atoms with van der Waals surface area (Å²) in [5.41, 5.74) is 0.961. The zero-order valence-corrected chi connectivity index (χ0v) is 12.8. The molecule has 3 heteroatoms. The standard InChI is InChI=1S/C16H25ClFN/c1-13(2)7-5-3-4-6-10-19-12-14-8-9-15(18)11-16(14)17/h8-9,11,13,19H,3-7,10,12H2,1-2H3. The van der Waals surface area contributed by atoms with Gasteiger partial charge in [-0.25, -0.2) is 4.39 Å². The third-order valence-corrected chi connectivity index (χ3v) is 3.57. The van der Waals surface area contributed by atoms with E-state index in [1.54, 1.807) is 6.07 Å². The second-order valence-electron chi connectivity index (χ2n) is 5.51. The minimum atomic E-state index is -0.279. The van der Waals surface area contributed by atoms with Crippen LogP contribution in [0.15, 0.2) is 18.2 Å². The average molecular weight is 286 g/mol. The van der Waals surface area contributed by atoms with Crippen molar-refractivity contribution in [2.75, 3.05) is 6.54 Å². The lowest BCUT2D eigenvalue weighted by Crippen LogP contribution is -2.15. The third-order valence-electron chi connectivity index (χ3n) is 3.22. The van der Waals surface area contributed by atoms with Crippen molar-refractivity contribution in [3.8, 4) is 0 Å². The third kappa shape index (κ3) is 7.54. The summed E-state index contributed by atoms with van der Waals surface area (Å²) in [5.74, 6) is 0.539. The number of hydrogen-bond acceptors (Lipinski definition) is 1. The number of hydrogen-bond donors (Lipinski definition) is 1. The average Bonchev–Trinajstić information content (AvgIpc) is 2.34. The van der Waals surface area contributed by atoms with Crippen molar-refractivity contribution in [3.05, 3.63) is 34.6 Å². The van der Waals surface area contributed by atoms with Crippen LogP contribution in [-0.2, 0) is 6.54 Å². The SMILES string of the molecule is CC(C)CCCCCCNCc1ccc(F)cc1Cl. The van der Waals surface area contributed by atoms with Crippen LogP contribution >= 0.6 is 11.6 Å². The molecule has 1 nitrogen and oxygen atoms in total. The molecule has 0 spiro atoms. The van der Waals surface area contributed by atoms with E-state index in [-0.39, 0.29) is 5.82 Å². The maximum Gasteiger partial charge on any atom is 0.124 e. The fraction of sp³-hybridized carbons (Fsp3) is 0.625. The molecule has 0 heterocycles. The highest BCUT2D eigenvalue weighted by atomic mass is 35.5. The minimum Gasteiger partial charge on any atom is -0.313 e. The van der Waals surface area contributed by atoms with E-state index >= 15 is 0 Å². The van der Waals surface area contributed by atoms with Gasteiger partial charge in [0.25, 0.3) is 0 Å². The first-order valence-electron chi connectivity index (χ1n) is 7.24. The molecule has 1 aromatic carbocycles. The van der Waals surface area contributed by atoms with E-state index in [4.69, 9.17) is 11.6 Å². The molecule has 108 valence electrons. The second-order valence-corrected chi connectivity index (χ2v) is 5.92. The number of benzene rings is 1. The first-order valence-corrected chi connectivity index (χ1v) is 7.62. The van der Waals surface area contributed by atoms with Gasteiger partial charge < -0.3 is 5.32 Å². The molecule has 0 fully saturated rings. The van der Waals surface area contributed by atoms with Crippen LogP contribution < -0.4 is 5.32 Å². The summed E-state index contributed by atoms with van der Waals surface area (Å²) in [7, 11) is 0. The van der Waals surface area contributed by atoms with Gasteiger partial charge in [0.15, 0.2) is 0 Å². The predicted molar refractivity (Wildman–Crippen MR) is 81.0 cm³/mol. The summed E-state index contributed by atoms with van der Waals surface area (Å²) < 4.78 is 12.9. The molecule has 0 saturated heterocycles. The van der Waals surface area contributed by atoms with E-state index < -0.39 is 0 Å². The first-order chi connectivity index (χ1) is 9.09. The number of unbranched alkanes of at least 4 members (excludes halogenated alkanes) is 3. The van der Waals surface area contributed by atoms with Gasteiger partial charge in [-0.1, -0.05) is 57.2 Å². The highest BCUT2D eigenvalue weighted by Gasteiger charge is 2.01. The highest BCUT2D eigenvalue weighted by molar-refractivity contribution is 6.31. The Morgan fingerprint density at radius 1 is 1.16 bits per heavy atom. The van der Waals surface area contributed by atoms with Gasteiger partial charge in [-0.15, -0.1) is 0 Å². The summed E-state index contributed by atoms with van der Waals surface area (Å²) in [6.45, 7) is 6.25. The largest absolute Gasteiger partial charge is 0.313 e. The summed E-state index contributed by atoms with van der Waals surface area (Å²) in [4.78, 5) is 0. The maximum atomic E-state index is 12.9. The molecular formula is C16H25ClFN. The van der Waals surface area contributed by atoms with Crippen molar-refractivity contribution in [2.24, 2.45) is 5.92 Å². The van der Waals surface area contributed by atoms with Crippen LogP contribution in [0, 0.1) is 11.7 Å². The molecule has 0 unspecified atom stereocenters. The highest BCUT2D eigenvalue weighted by Crippen LogP contribution is 2.16. The second kappa shape index (κ2) is 9.33. The van der Waals surface area contributed by atoms with E-state index in [0.717, 1.165) is 18.0 Å². The monoisotopic (exact) mass is 285 g/mol. The number of rotatable bonds is 9. The Hall–Kier alpha value is -0.600. The van der Waals surface area contributed by atoms with Crippen molar-refractivity contribution in [3.63, 3.8) is 0 Å². The molecule has 0 bridgehead atoms. The van der Waals surface area contributed by atoms with Crippen molar-refractivity contribution >= 4 is 11.6 Å². The van der Waals surface area contributed by atoms with Gasteiger partial charge in [-0.05, 0) is 36.6 Å². The predicted octanol–water partition coefficient (Wildman–Crippen LogP) is 5.18. The Kier molecular flexibility index (Phi) is 8.08. The van der Waals surface area contributed by atoms with Crippen LogP contribution in [-0.4, -0.2) is 6.54 Å². The van der Waals surface area contributed by atoms with Gasteiger partial charge in [0.05, 0.1) is 0 Å². The molecular weight excluding hydrogens is 261 g/mol. The Bertz CT molecular complexity index is 366. The molecule has 1 N–H and O–H groups in total. The molecule has 0 saturated carbocycles. The zero-order valence-electron chi connectivity index (χ0n) is 12.0. The maximum absolute atomic E-state index is 12.9. The van der Waals surface area contributed by atoms with Gasteiger partial charge in [0, 0.05) is 11.6 Å². The lowest BCUT2D eigenvalue weighted by Gasteiger charge is -2.07. The molecule has 1 aromatic rings. The van der Waals surface area contributed by atoms with Crippen LogP contribution in [0.4, 0.5) is 4.39 Å². The summed E-state index contributed by atoms with van der Waals surface area (Å²) in [6, 6.07) is 4.56. The number of halogens is 2. The zero-order chi connectivity index (χ0) is 14.1. The lowest BCUT2D eigenvalue weighted by atomic mass is 10.0. The summed E-state index contributed by atoms with van der Waals surface area (Å²) >= 11 is 5.96. The van der Waals surface area contributed by atoms with Gasteiger partial charge in [-0.2, -0.15) is 0 Å². The molecule has 0 aromatic heterocycles. The van der Waals surface area contributed by atoms with Gasteiger partial charge in [-0.3, -0.25) is 0 Å². The fourth-order valence-electron chi connectivity index (χ4n) is 2.04. The van der Waals surface area contributed by atoms with Crippen LogP contribution in [0.1, 0.15) is 51.5 Å². The Balaban J connectivity index is 2.04. The molecule has 1 rings (SSSR count). The fourth-order valence-corrected chi connectivity index (χ4v) is 2.28. The smallest absolute Gasteiger partial charge is 0.124 e. The topological polar surface area (TPSA) is 12.0 Å². The van der Waals surface area contributed by atoms with Crippen molar-refractivity contribution < 1.29 is 4.39 Å². The Morgan fingerprint density at radius 2 is 1.89 bits per heavy atom. The summed E-state index contributed by atoms with van der Waals surface area (Å²) in [5, 5.41) is 3.86. The van der Waals surface area contributed by atoms with Gasteiger partial charge in [0.2, 0.25) is 0 Å². The van der Waals surface area contributed by atoms with Crippen LogP contribution in [0.5, 0.6) is 0 Å². The molecule has 0 aliphatic rings. The Morgan fingerprint density at radius 3 is 2.58 bits per heavy atom. The van der Waals surface area contributed by atoms with Crippen molar-refractivity contribution in [1.82, 2.24) is 5.32 Å². The van der Waals surface area contributed by atoms with E-state index in [0.29, 0.717) is 11.6 Å². The van der Waals surface area contributed by atoms with E-state index in [9.17, 15) is 4.39 Å². The number of nitrogens with one attached hydrogen (secondary N) is 1. The lowest BCUT2D eigenvalue weighted by molar-refractivity contribution is 0.512.